The lowest BCUT2D eigenvalue weighted by molar-refractivity contribution is 0.0950. The first-order chi connectivity index (χ1) is 2.84. The minimum Gasteiger partial charge on any atom is -0.353 e. The Morgan fingerprint density at radius 1 is 1.67 bits per heavy atom. The summed E-state index contributed by atoms with van der Waals surface area (Å²) in [4.78, 5) is 0. The van der Waals surface area contributed by atoms with Gasteiger partial charge in [-0.1, -0.05) is 0 Å². The second kappa shape index (κ2) is 1.21. The van der Waals surface area contributed by atoms with Crippen LogP contribution in [0.15, 0.2) is 0 Å². The van der Waals surface area contributed by atoms with Gasteiger partial charge in [0.25, 0.3) is 0 Å². The van der Waals surface area contributed by atoms with Crippen LogP contribution in [0.3, 0.4) is 0 Å². The Morgan fingerprint density at radius 2 is 2.17 bits per heavy atom. The summed E-state index contributed by atoms with van der Waals surface area (Å²) in [6.45, 7) is 1.98. The van der Waals surface area contributed by atoms with Gasteiger partial charge in [0.05, 0.1) is 0 Å². The Labute approximate surface area is 37.1 Å². The van der Waals surface area contributed by atoms with Crippen molar-refractivity contribution < 1.29 is 9.47 Å². The van der Waals surface area contributed by atoms with Crippen molar-refractivity contribution in [3.8, 4) is 0 Å². The zero-order valence-electron chi connectivity index (χ0n) is 3.97. The molecule has 2 unspecified atom stereocenters. The second-order valence-corrected chi connectivity index (χ2v) is 1.45. The molecule has 6 heavy (non-hydrogen) atoms. The van der Waals surface area contributed by atoms with Crippen LogP contribution >= 0.6 is 0 Å². The zero-order chi connectivity index (χ0) is 4.57. The van der Waals surface area contributed by atoms with E-state index < -0.39 is 0 Å². The average Bonchev–Trinajstić information content (AvgIpc) is 2.19. The van der Waals surface area contributed by atoms with Gasteiger partial charge in [-0.25, -0.2) is 0 Å². The molecule has 0 saturated carbocycles. The van der Waals surface area contributed by atoms with E-state index in [0.717, 1.165) is 0 Å². The van der Waals surface area contributed by atoms with Gasteiger partial charge in [0.15, 0.2) is 6.29 Å². The number of methoxy groups -OCH3 is 1. The van der Waals surface area contributed by atoms with Crippen LogP contribution in [-0.2, 0) is 9.47 Å². The van der Waals surface area contributed by atoms with Gasteiger partial charge in [0.1, 0.15) is 6.10 Å². The van der Waals surface area contributed by atoms with E-state index in [4.69, 9.17) is 9.47 Å². The zero-order valence-corrected chi connectivity index (χ0v) is 3.97. The maximum absolute atomic E-state index is 4.84. The fourth-order valence-corrected chi connectivity index (χ4v) is 0.413. The van der Waals surface area contributed by atoms with Crippen molar-refractivity contribution in [1.82, 2.24) is 0 Å². The van der Waals surface area contributed by atoms with E-state index in [9.17, 15) is 0 Å². The highest BCUT2D eigenvalue weighted by Crippen LogP contribution is 2.20. The van der Waals surface area contributed by atoms with Gasteiger partial charge >= 0.3 is 0 Å². The molecule has 0 aromatic heterocycles. The smallest absolute Gasteiger partial charge is 0.183 e. The van der Waals surface area contributed by atoms with Crippen molar-refractivity contribution >= 4 is 0 Å². The molecule has 1 heterocycles. The molecule has 2 heteroatoms. The summed E-state index contributed by atoms with van der Waals surface area (Å²) in [5.74, 6) is 0. The Bertz CT molecular complexity index is 51.5. The molecule has 0 radical (unpaired) electrons. The Morgan fingerprint density at radius 3 is 2.17 bits per heavy atom. The molecule has 0 spiro atoms. The van der Waals surface area contributed by atoms with Crippen molar-refractivity contribution in [2.24, 2.45) is 0 Å². The minimum absolute atomic E-state index is 0.102. The van der Waals surface area contributed by atoms with E-state index in [1.54, 1.807) is 7.11 Å². The molecule has 0 bridgehead atoms. The summed E-state index contributed by atoms with van der Waals surface area (Å²) in [6.07, 6.45) is 0.444. The van der Waals surface area contributed by atoms with E-state index in [1.807, 2.05) is 6.92 Å². The number of rotatable bonds is 1. The summed E-state index contributed by atoms with van der Waals surface area (Å²) in [5.41, 5.74) is 0. The molecule has 1 saturated heterocycles. The highest BCUT2D eigenvalue weighted by molar-refractivity contribution is 4.68. The molecule has 1 rings (SSSR count). The Hall–Kier alpha value is -0.0800. The first-order valence-electron chi connectivity index (χ1n) is 2.03. The van der Waals surface area contributed by atoms with Gasteiger partial charge in [-0.15, -0.1) is 0 Å². The van der Waals surface area contributed by atoms with E-state index >= 15 is 0 Å². The standard InChI is InChI=1S/C4H8O2/c1-3-4(5-2)6-3/h3-4H,1-2H3. The van der Waals surface area contributed by atoms with Crippen LogP contribution in [0.1, 0.15) is 6.92 Å². The van der Waals surface area contributed by atoms with Crippen LogP contribution < -0.4 is 0 Å². The molecular weight excluding hydrogens is 80.0 g/mol. The summed E-state index contributed by atoms with van der Waals surface area (Å²) in [6, 6.07) is 0. The van der Waals surface area contributed by atoms with Crippen LogP contribution in [0.25, 0.3) is 0 Å². The predicted octanol–water partition coefficient (Wildman–Crippen LogP) is 0.378. The van der Waals surface area contributed by atoms with E-state index in [0.29, 0.717) is 6.10 Å². The quantitative estimate of drug-likeness (QED) is 0.432. The van der Waals surface area contributed by atoms with Crippen LogP contribution in [0.4, 0.5) is 0 Å². The topological polar surface area (TPSA) is 21.8 Å². The molecule has 1 fully saturated rings. The molecule has 0 N–H and O–H groups in total. The van der Waals surface area contributed by atoms with Gasteiger partial charge < -0.3 is 9.47 Å². The van der Waals surface area contributed by atoms with Gasteiger partial charge in [0, 0.05) is 7.11 Å². The number of hydrogen-bond donors (Lipinski definition) is 0. The van der Waals surface area contributed by atoms with Crippen molar-refractivity contribution in [1.29, 1.82) is 0 Å². The Balaban J connectivity index is 2.09. The third-order valence-electron chi connectivity index (χ3n) is 0.888. The van der Waals surface area contributed by atoms with Gasteiger partial charge in [-0.3, -0.25) is 0 Å². The van der Waals surface area contributed by atoms with E-state index in [-0.39, 0.29) is 6.29 Å². The Kier molecular flexibility index (Phi) is 0.821. The molecule has 0 aromatic rings. The molecule has 0 aliphatic carbocycles. The lowest BCUT2D eigenvalue weighted by Gasteiger charge is -1.79. The largest absolute Gasteiger partial charge is 0.353 e. The number of epoxide rings is 1. The summed E-state index contributed by atoms with van der Waals surface area (Å²) in [7, 11) is 1.65. The molecule has 36 valence electrons. The summed E-state index contributed by atoms with van der Waals surface area (Å²) < 4.78 is 9.59. The highest BCUT2D eigenvalue weighted by atomic mass is 16.8. The fraction of sp³-hybridized carbons (Fsp3) is 1.00. The third kappa shape index (κ3) is 0.533. The third-order valence-corrected chi connectivity index (χ3v) is 0.888. The van der Waals surface area contributed by atoms with Crippen molar-refractivity contribution in [3.63, 3.8) is 0 Å². The van der Waals surface area contributed by atoms with E-state index in [2.05, 4.69) is 0 Å². The summed E-state index contributed by atoms with van der Waals surface area (Å²) in [5, 5.41) is 0. The predicted molar refractivity (Wildman–Crippen MR) is 21.3 cm³/mol. The van der Waals surface area contributed by atoms with Crippen LogP contribution in [-0.4, -0.2) is 19.5 Å². The molecule has 2 nitrogen and oxygen atoms in total. The lowest BCUT2D eigenvalue weighted by atomic mass is 10.5. The van der Waals surface area contributed by atoms with Crippen molar-refractivity contribution in [3.05, 3.63) is 0 Å². The maximum atomic E-state index is 4.84. The molecule has 2 atom stereocenters. The first kappa shape index (κ1) is 4.09. The van der Waals surface area contributed by atoms with Crippen LogP contribution in [0.2, 0.25) is 0 Å². The van der Waals surface area contributed by atoms with Gasteiger partial charge in [-0.05, 0) is 6.92 Å². The minimum atomic E-state index is 0.102. The second-order valence-electron chi connectivity index (χ2n) is 1.45. The number of ether oxygens (including phenoxy) is 2. The molecule has 0 amide bonds. The SMILES string of the molecule is COC1OC1C. The van der Waals surface area contributed by atoms with Gasteiger partial charge in [-0.2, -0.15) is 0 Å². The summed E-state index contributed by atoms with van der Waals surface area (Å²) >= 11 is 0. The van der Waals surface area contributed by atoms with Crippen molar-refractivity contribution in [2.75, 3.05) is 7.11 Å². The van der Waals surface area contributed by atoms with E-state index in [1.165, 1.54) is 0 Å². The van der Waals surface area contributed by atoms with Gasteiger partial charge in [0.2, 0.25) is 0 Å². The first-order valence-corrected chi connectivity index (χ1v) is 2.03. The lowest BCUT2D eigenvalue weighted by Crippen LogP contribution is -1.89. The molecule has 1 aliphatic heterocycles. The normalized spacial score (nSPS) is 43.0. The van der Waals surface area contributed by atoms with Crippen LogP contribution in [0, 0.1) is 0 Å². The highest BCUT2D eigenvalue weighted by Gasteiger charge is 2.33. The molecular formula is C4H8O2. The maximum Gasteiger partial charge on any atom is 0.183 e. The molecule has 0 aromatic carbocycles. The number of hydrogen-bond acceptors (Lipinski definition) is 2. The fourth-order valence-electron chi connectivity index (χ4n) is 0.413. The average molecular weight is 88.1 g/mol. The van der Waals surface area contributed by atoms with Crippen LogP contribution in [0.5, 0.6) is 0 Å². The molecule has 1 aliphatic rings. The van der Waals surface area contributed by atoms with Crippen molar-refractivity contribution in [2.45, 2.75) is 19.3 Å². The monoisotopic (exact) mass is 88.1 g/mol.